The molecule has 0 heterocycles. The lowest BCUT2D eigenvalue weighted by atomic mass is 10.2. The van der Waals surface area contributed by atoms with Gasteiger partial charge in [0.1, 0.15) is 11.3 Å². The summed E-state index contributed by atoms with van der Waals surface area (Å²) < 4.78 is 9.74. The molecule has 0 unspecified atom stereocenters. The molecule has 1 amide bonds. The Balaban J connectivity index is 2.09. The maximum atomic E-state index is 11.8. The number of nitrogens with one attached hydrogen (secondary N) is 1. The van der Waals surface area contributed by atoms with E-state index in [4.69, 9.17) is 16.3 Å². The van der Waals surface area contributed by atoms with Crippen LogP contribution in [0.2, 0.25) is 5.02 Å². The van der Waals surface area contributed by atoms with Gasteiger partial charge in [-0.3, -0.25) is 5.32 Å². The largest absolute Gasteiger partial charge is 0.465 e. The number of benzene rings is 2. The molecule has 0 aromatic heterocycles. The molecule has 2 rings (SSSR count). The third kappa shape index (κ3) is 3.97. The fraction of sp³-hybridized carbons (Fsp3) is 0.0667. The molecule has 0 aliphatic rings. The van der Waals surface area contributed by atoms with Crippen LogP contribution in [0.3, 0.4) is 0 Å². The SMILES string of the molecule is COC(=O)c1ccccc1OC(=O)Nc1ccc(Cl)cc1. The summed E-state index contributed by atoms with van der Waals surface area (Å²) in [4.78, 5) is 23.4. The van der Waals surface area contributed by atoms with Crippen molar-refractivity contribution in [2.45, 2.75) is 0 Å². The Kier molecular flexibility index (Phi) is 4.79. The maximum Gasteiger partial charge on any atom is 0.417 e. The van der Waals surface area contributed by atoms with Crippen LogP contribution in [-0.4, -0.2) is 19.2 Å². The van der Waals surface area contributed by atoms with Gasteiger partial charge in [0.25, 0.3) is 0 Å². The minimum Gasteiger partial charge on any atom is -0.465 e. The first-order chi connectivity index (χ1) is 10.1. The van der Waals surface area contributed by atoms with Gasteiger partial charge < -0.3 is 9.47 Å². The Labute approximate surface area is 126 Å². The first-order valence-electron chi connectivity index (χ1n) is 6.02. The van der Waals surface area contributed by atoms with E-state index in [1.165, 1.54) is 19.2 Å². The summed E-state index contributed by atoms with van der Waals surface area (Å²) in [6.07, 6.45) is -0.714. The van der Waals surface area contributed by atoms with Gasteiger partial charge in [-0.05, 0) is 36.4 Å². The highest BCUT2D eigenvalue weighted by atomic mass is 35.5. The first-order valence-corrected chi connectivity index (χ1v) is 6.39. The van der Waals surface area contributed by atoms with Crippen molar-refractivity contribution in [2.24, 2.45) is 0 Å². The highest BCUT2D eigenvalue weighted by Gasteiger charge is 2.15. The molecule has 0 atom stereocenters. The summed E-state index contributed by atoms with van der Waals surface area (Å²) >= 11 is 5.75. The van der Waals surface area contributed by atoms with Crippen molar-refractivity contribution in [1.29, 1.82) is 0 Å². The van der Waals surface area contributed by atoms with Gasteiger partial charge in [-0.1, -0.05) is 23.7 Å². The fourth-order valence-electron chi connectivity index (χ4n) is 1.61. The molecule has 0 spiro atoms. The van der Waals surface area contributed by atoms with Crippen LogP contribution in [0.25, 0.3) is 0 Å². The van der Waals surface area contributed by atoms with Gasteiger partial charge in [-0.25, -0.2) is 9.59 Å². The number of esters is 1. The molecular formula is C15H12ClNO4. The predicted octanol–water partition coefficient (Wildman–Crippen LogP) is 3.74. The van der Waals surface area contributed by atoms with Gasteiger partial charge in [-0.2, -0.15) is 0 Å². The van der Waals surface area contributed by atoms with Crippen molar-refractivity contribution in [1.82, 2.24) is 0 Å². The van der Waals surface area contributed by atoms with Crippen LogP contribution in [-0.2, 0) is 4.74 Å². The average Bonchev–Trinajstić information content (AvgIpc) is 2.49. The molecule has 6 heteroatoms. The summed E-state index contributed by atoms with van der Waals surface area (Å²) in [5, 5.41) is 3.09. The van der Waals surface area contributed by atoms with Gasteiger partial charge in [0.05, 0.1) is 7.11 Å². The summed E-state index contributed by atoms with van der Waals surface area (Å²) in [7, 11) is 1.26. The highest BCUT2D eigenvalue weighted by Crippen LogP contribution is 2.20. The quantitative estimate of drug-likeness (QED) is 0.877. The van der Waals surface area contributed by atoms with E-state index >= 15 is 0 Å². The third-order valence-electron chi connectivity index (χ3n) is 2.59. The lowest BCUT2D eigenvalue weighted by molar-refractivity contribution is 0.0598. The number of hydrogen-bond acceptors (Lipinski definition) is 4. The summed E-state index contributed by atoms with van der Waals surface area (Å²) in [6, 6.07) is 12.9. The second-order valence-electron chi connectivity index (χ2n) is 4.01. The Morgan fingerprint density at radius 2 is 1.71 bits per heavy atom. The number of ether oxygens (including phenoxy) is 2. The average molecular weight is 306 g/mol. The van der Waals surface area contributed by atoms with Crippen molar-refractivity contribution in [3.8, 4) is 5.75 Å². The van der Waals surface area contributed by atoms with Crippen LogP contribution in [0.1, 0.15) is 10.4 Å². The maximum absolute atomic E-state index is 11.8. The number of amides is 1. The van der Waals surface area contributed by atoms with Crippen molar-refractivity contribution < 1.29 is 19.1 Å². The Hall–Kier alpha value is -2.53. The molecular weight excluding hydrogens is 294 g/mol. The number of anilines is 1. The van der Waals surface area contributed by atoms with Crippen LogP contribution in [0.5, 0.6) is 5.75 Å². The highest BCUT2D eigenvalue weighted by molar-refractivity contribution is 6.30. The molecule has 1 N–H and O–H groups in total. The van der Waals surface area contributed by atoms with E-state index in [9.17, 15) is 9.59 Å². The van der Waals surface area contributed by atoms with E-state index < -0.39 is 12.1 Å². The lowest BCUT2D eigenvalue weighted by Crippen LogP contribution is -2.18. The molecule has 0 aliphatic carbocycles. The van der Waals surface area contributed by atoms with Gasteiger partial charge in [-0.15, -0.1) is 0 Å². The zero-order valence-corrected chi connectivity index (χ0v) is 11.9. The second kappa shape index (κ2) is 6.76. The fourth-order valence-corrected chi connectivity index (χ4v) is 1.74. The van der Waals surface area contributed by atoms with E-state index in [0.29, 0.717) is 10.7 Å². The molecule has 0 fully saturated rings. The van der Waals surface area contributed by atoms with Crippen molar-refractivity contribution >= 4 is 29.4 Å². The molecule has 0 aliphatic heterocycles. The minimum atomic E-state index is -0.714. The topological polar surface area (TPSA) is 64.6 Å². The van der Waals surface area contributed by atoms with Crippen molar-refractivity contribution in [3.63, 3.8) is 0 Å². The molecule has 0 bridgehead atoms. The van der Waals surface area contributed by atoms with Crippen molar-refractivity contribution in [3.05, 3.63) is 59.1 Å². The normalized spacial score (nSPS) is 9.81. The molecule has 0 radical (unpaired) electrons. The number of hydrogen-bond donors (Lipinski definition) is 1. The molecule has 2 aromatic carbocycles. The number of carbonyl (C=O) groups is 2. The van der Waals surface area contributed by atoms with Crippen LogP contribution < -0.4 is 10.1 Å². The molecule has 21 heavy (non-hydrogen) atoms. The molecule has 0 saturated heterocycles. The summed E-state index contributed by atoms with van der Waals surface area (Å²) in [6.45, 7) is 0. The van der Waals surface area contributed by atoms with Crippen LogP contribution >= 0.6 is 11.6 Å². The van der Waals surface area contributed by atoms with Gasteiger partial charge in [0.15, 0.2) is 0 Å². The third-order valence-corrected chi connectivity index (χ3v) is 2.84. The number of rotatable bonds is 3. The van der Waals surface area contributed by atoms with Crippen molar-refractivity contribution in [2.75, 3.05) is 12.4 Å². The number of halogens is 1. The van der Waals surface area contributed by atoms with E-state index in [-0.39, 0.29) is 11.3 Å². The summed E-state index contributed by atoms with van der Waals surface area (Å²) in [5.74, 6) is -0.458. The summed E-state index contributed by atoms with van der Waals surface area (Å²) in [5.41, 5.74) is 0.700. The monoisotopic (exact) mass is 305 g/mol. The van der Waals surface area contributed by atoms with Crippen LogP contribution in [0.15, 0.2) is 48.5 Å². The first kappa shape index (κ1) is 14.9. The minimum absolute atomic E-state index is 0.121. The van der Waals surface area contributed by atoms with E-state index in [1.807, 2.05) is 0 Å². The Morgan fingerprint density at radius 1 is 1.05 bits per heavy atom. The standard InChI is InChI=1S/C15H12ClNO4/c1-20-14(18)12-4-2-3-5-13(12)21-15(19)17-11-8-6-10(16)7-9-11/h2-9H,1H3,(H,17,19). The van der Waals surface area contributed by atoms with Crippen LogP contribution in [0, 0.1) is 0 Å². The number of carbonyl (C=O) groups excluding carboxylic acids is 2. The Bertz CT molecular complexity index is 655. The zero-order valence-electron chi connectivity index (χ0n) is 11.1. The van der Waals surface area contributed by atoms with E-state index in [2.05, 4.69) is 10.1 Å². The van der Waals surface area contributed by atoms with E-state index in [1.54, 1.807) is 36.4 Å². The van der Waals surface area contributed by atoms with Crippen LogP contribution in [0.4, 0.5) is 10.5 Å². The van der Waals surface area contributed by atoms with Gasteiger partial charge >= 0.3 is 12.1 Å². The molecule has 108 valence electrons. The Morgan fingerprint density at radius 3 is 2.38 bits per heavy atom. The lowest BCUT2D eigenvalue weighted by Gasteiger charge is -2.09. The van der Waals surface area contributed by atoms with E-state index in [0.717, 1.165) is 0 Å². The smallest absolute Gasteiger partial charge is 0.417 e. The second-order valence-corrected chi connectivity index (χ2v) is 4.45. The van der Waals surface area contributed by atoms with Gasteiger partial charge in [0, 0.05) is 10.7 Å². The number of methoxy groups -OCH3 is 1. The number of para-hydroxylation sites is 1. The molecule has 0 saturated carbocycles. The molecule has 5 nitrogen and oxygen atoms in total. The van der Waals surface area contributed by atoms with Gasteiger partial charge in [0.2, 0.25) is 0 Å². The predicted molar refractivity (Wildman–Crippen MR) is 78.9 cm³/mol. The zero-order chi connectivity index (χ0) is 15.2. The molecule has 2 aromatic rings.